The zero-order chi connectivity index (χ0) is 13.4. The van der Waals surface area contributed by atoms with E-state index in [1.807, 2.05) is 0 Å². The fourth-order valence-electron chi connectivity index (χ4n) is 4.36. The van der Waals surface area contributed by atoms with Gasteiger partial charge in [-0.3, -0.25) is 10.1 Å². The largest absolute Gasteiger partial charge is 0.323 e. The van der Waals surface area contributed by atoms with Gasteiger partial charge in [-0.2, -0.15) is 0 Å². The van der Waals surface area contributed by atoms with E-state index in [1.165, 1.54) is 32.1 Å². The van der Waals surface area contributed by atoms with Crippen LogP contribution in [0.5, 0.6) is 0 Å². The summed E-state index contributed by atoms with van der Waals surface area (Å²) in [7, 11) is 2.28. The predicted octanol–water partition coefficient (Wildman–Crippen LogP) is 1.56. The van der Waals surface area contributed by atoms with Crippen molar-refractivity contribution in [3.63, 3.8) is 0 Å². The Morgan fingerprint density at radius 1 is 1.21 bits per heavy atom. The van der Waals surface area contributed by atoms with Crippen LogP contribution >= 0.6 is 0 Å². The average Bonchev–Trinajstić information content (AvgIpc) is 2.71. The molecule has 3 unspecified atom stereocenters. The van der Waals surface area contributed by atoms with E-state index in [0.717, 1.165) is 12.8 Å². The highest BCUT2D eigenvalue weighted by Crippen LogP contribution is 2.36. The number of hydrogen-bond donors (Lipinski definition) is 1. The Balaban J connectivity index is 1.73. The smallest absolute Gasteiger partial charge is 0.238 e. The average molecular weight is 265 g/mol. The fraction of sp³-hybridized carbons (Fsp3) is 0.933. The van der Waals surface area contributed by atoms with Crippen molar-refractivity contribution in [2.24, 2.45) is 0 Å². The maximum absolute atomic E-state index is 12.2. The maximum atomic E-state index is 12.2. The van der Waals surface area contributed by atoms with Gasteiger partial charge in [-0.05, 0) is 39.2 Å². The minimum atomic E-state index is 0.298. The lowest BCUT2D eigenvalue weighted by Crippen LogP contribution is -2.57. The summed E-state index contributed by atoms with van der Waals surface area (Å²) in [5, 5.41) is 3.39. The standard InChI is InChI=1S/C15H27N3O/c1-3-5-14-16-10-15(19)18(14)13-8-11-6-4-7-12(9-13)17(11)2/h11-14,16H,3-10H2,1-2H3. The van der Waals surface area contributed by atoms with Crippen molar-refractivity contribution in [3.05, 3.63) is 0 Å². The molecular formula is C15H27N3O. The van der Waals surface area contributed by atoms with Crippen LogP contribution in [-0.4, -0.2) is 53.6 Å². The van der Waals surface area contributed by atoms with Gasteiger partial charge < -0.3 is 9.80 Å². The highest BCUT2D eigenvalue weighted by Gasteiger charge is 2.43. The highest BCUT2D eigenvalue weighted by molar-refractivity contribution is 5.81. The molecule has 2 bridgehead atoms. The summed E-state index contributed by atoms with van der Waals surface area (Å²) in [4.78, 5) is 17.0. The van der Waals surface area contributed by atoms with Gasteiger partial charge in [0.1, 0.15) is 0 Å². The van der Waals surface area contributed by atoms with E-state index in [9.17, 15) is 4.79 Å². The second kappa shape index (κ2) is 5.41. The van der Waals surface area contributed by atoms with E-state index < -0.39 is 0 Å². The molecule has 0 aliphatic carbocycles. The zero-order valence-electron chi connectivity index (χ0n) is 12.3. The van der Waals surface area contributed by atoms with Gasteiger partial charge in [0.05, 0.1) is 12.7 Å². The van der Waals surface area contributed by atoms with E-state index in [1.54, 1.807) is 0 Å². The molecule has 0 aromatic rings. The van der Waals surface area contributed by atoms with Crippen LogP contribution in [0, 0.1) is 0 Å². The van der Waals surface area contributed by atoms with Gasteiger partial charge in [0.2, 0.25) is 5.91 Å². The van der Waals surface area contributed by atoms with Crippen LogP contribution in [0.25, 0.3) is 0 Å². The molecule has 0 saturated carbocycles. The summed E-state index contributed by atoms with van der Waals surface area (Å²) in [6.45, 7) is 2.75. The molecule has 1 N–H and O–H groups in total. The lowest BCUT2D eigenvalue weighted by atomic mass is 9.81. The zero-order valence-corrected chi connectivity index (χ0v) is 12.3. The van der Waals surface area contributed by atoms with Gasteiger partial charge in [-0.1, -0.05) is 19.8 Å². The first-order valence-electron chi connectivity index (χ1n) is 7.97. The second-order valence-corrected chi connectivity index (χ2v) is 6.52. The first kappa shape index (κ1) is 13.4. The molecule has 0 radical (unpaired) electrons. The van der Waals surface area contributed by atoms with Crippen molar-refractivity contribution in [2.75, 3.05) is 13.6 Å². The molecule has 3 atom stereocenters. The van der Waals surface area contributed by atoms with Gasteiger partial charge in [0.15, 0.2) is 0 Å². The van der Waals surface area contributed by atoms with Crippen molar-refractivity contribution in [2.45, 2.75) is 76.2 Å². The second-order valence-electron chi connectivity index (χ2n) is 6.52. The normalized spacial score (nSPS) is 39.9. The summed E-state index contributed by atoms with van der Waals surface area (Å²) < 4.78 is 0. The Bertz CT molecular complexity index is 332. The molecule has 3 heterocycles. The number of nitrogens with zero attached hydrogens (tertiary/aromatic N) is 2. The van der Waals surface area contributed by atoms with Crippen LogP contribution in [0.3, 0.4) is 0 Å². The van der Waals surface area contributed by atoms with Crippen LogP contribution in [0.1, 0.15) is 51.9 Å². The van der Waals surface area contributed by atoms with Crippen molar-refractivity contribution in [1.82, 2.24) is 15.1 Å². The molecule has 0 spiro atoms. The number of hydrogen-bond acceptors (Lipinski definition) is 3. The van der Waals surface area contributed by atoms with Gasteiger partial charge in [0.25, 0.3) is 0 Å². The molecule has 0 aromatic carbocycles. The summed E-state index contributed by atoms with van der Waals surface area (Å²) >= 11 is 0. The SMILES string of the molecule is CCCC1NCC(=O)N1C1CC2CCCC(C1)N2C. The molecule has 0 aromatic heterocycles. The van der Waals surface area contributed by atoms with Crippen LogP contribution < -0.4 is 5.32 Å². The number of carbonyl (C=O) groups is 1. The molecule has 3 aliphatic heterocycles. The summed E-state index contributed by atoms with van der Waals surface area (Å²) in [5.41, 5.74) is 0. The first-order valence-corrected chi connectivity index (χ1v) is 7.97. The molecule has 3 aliphatic rings. The molecule has 3 saturated heterocycles. The van der Waals surface area contributed by atoms with Crippen LogP contribution in [-0.2, 0) is 4.79 Å². The van der Waals surface area contributed by atoms with Crippen molar-refractivity contribution in [3.8, 4) is 0 Å². The third kappa shape index (κ3) is 2.40. The van der Waals surface area contributed by atoms with Crippen molar-refractivity contribution >= 4 is 5.91 Å². The summed E-state index contributed by atoms with van der Waals surface area (Å²) in [5.74, 6) is 0.325. The van der Waals surface area contributed by atoms with Gasteiger partial charge in [-0.15, -0.1) is 0 Å². The number of nitrogens with one attached hydrogen (secondary N) is 1. The predicted molar refractivity (Wildman–Crippen MR) is 75.8 cm³/mol. The number of piperidine rings is 2. The molecule has 3 rings (SSSR count). The third-order valence-corrected chi connectivity index (χ3v) is 5.38. The highest BCUT2D eigenvalue weighted by atomic mass is 16.2. The van der Waals surface area contributed by atoms with E-state index in [2.05, 4.69) is 29.1 Å². The number of rotatable bonds is 3. The quantitative estimate of drug-likeness (QED) is 0.841. The fourth-order valence-corrected chi connectivity index (χ4v) is 4.36. The lowest BCUT2D eigenvalue weighted by molar-refractivity contribution is -0.133. The summed E-state index contributed by atoms with van der Waals surface area (Å²) in [6, 6.07) is 1.88. The monoisotopic (exact) mass is 265 g/mol. The van der Waals surface area contributed by atoms with Crippen LogP contribution in [0.2, 0.25) is 0 Å². The third-order valence-electron chi connectivity index (χ3n) is 5.38. The lowest BCUT2D eigenvalue weighted by Gasteiger charge is -2.49. The Morgan fingerprint density at radius 2 is 1.89 bits per heavy atom. The molecule has 4 heteroatoms. The Morgan fingerprint density at radius 3 is 2.53 bits per heavy atom. The maximum Gasteiger partial charge on any atom is 0.238 e. The topological polar surface area (TPSA) is 35.6 Å². The summed E-state index contributed by atoms with van der Waals surface area (Å²) in [6.07, 6.45) is 8.90. The van der Waals surface area contributed by atoms with E-state index in [0.29, 0.717) is 36.7 Å². The molecule has 3 fully saturated rings. The number of carbonyl (C=O) groups excluding carboxylic acids is 1. The van der Waals surface area contributed by atoms with E-state index in [-0.39, 0.29) is 0 Å². The van der Waals surface area contributed by atoms with Crippen LogP contribution in [0.15, 0.2) is 0 Å². The van der Waals surface area contributed by atoms with E-state index in [4.69, 9.17) is 0 Å². The molecular weight excluding hydrogens is 238 g/mol. The van der Waals surface area contributed by atoms with Crippen LogP contribution in [0.4, 0.5) is 0 Å². The van der Waals surface area contributed by atoms with Gasteiger partial charge in [-0.25, -0.2) is 0 Å². The number of amides is 1. The Kier molecular flexibility index (Phi) is 3.81. The minimum Gasteiger partial charge on any atom is -0.323 e. The van der Waals surface area contributed by atoms with Gasteiger partial charge >= 0.3 is 0 Å². The molecule has 4 nitrogen and oxygen atoms in total. The van der Waals surface area contributed by atoms with Crippen molar-refractivity contribution in [1.29, 1.82) is 0 Å². The Hall–Kier alpha value is -0.610. The van der Waals surface area contributed by atoms with E-state index >= 15 is 0 Å². The van der Waals surface area contributed by atoms with Crippen molar-refractivity contribution < 1.29 is 4.79 Å². The molecule has 108 valence electrons. The minimum absolute atomic E-state index is 0.298. The molecule has 19 heavy (non-hydrogen) atoms. The number of fused-ring (bicyclic) bond motifs is 2. The van der Waals surface area contributed by atoms with Gasteiger partial charge in [0, 0.05) is 18.1 Å². The first-order chi connectivity index (χ1) is 9.20. The Labute approximate surface area is 116 Å². The molecule has 1 amide bonds.